The second kappa shape index (κ2) is 5.71. The summed E-state index contributed by atoms with van der Waals surface area (Å²) >= 11 is 0. The smallest absolute Gasteiger partial charge is 0.126 e. The fourth-order valence-electron chi connectivity index (χ4n) is 1.33. The van der Waals surface area contributed by atoms with E-state index < -0.39 is 0 Å². The quantitative estimate of drug-likeness (QED) is 0.710. The monoisotopic (exact) mass is 211 g/mol. The number of furan rings is 1. The summed E-state index contributed by atoms with van der Waals surface area (Å²) in [5, 5.41) is 0. The molecule has 0 unspecified atom stereocenters. The second-order valence-electron chi connectivity index (χ2n) is 3.35. The molecule has 0 aliphatic rings. The van der Waals surface area contributed by atoms with Crippen LogP contribution in [0.4, 0.5) is 0 Å². The molecule has 0 N–H and O–H groups in total. The molecule has 0 radical (unpaired) electrons. The van der Waals surface area contributed by atoms with Gasteiger partial charge in [-0.25, -0.2) is 0 Å². The Balaban J connectivity index is 1.83. The highest BCUT2D eigenvalue weighted by Gasteiger charge is 1.86. The fourth-order valence-corrected chi connectivity index (χ4v) is 1.33. The summed E-state index contributed by atoms with van der Waals surface area (Å²) < 4.78 is 5.15. The van der Waals surface area contributed by atoms with Crippen LogP contribution in [0.25, 0.3) is 6.08 Å². The topological polar surface area (TPSA) is 25.5 Å². The number of hydrogen-bond donors (Lipinski definition) is 0. The largest absolute Gasteiger partial charge is 0.465 e. The van der Waals surface area contributed by atoms with Crippen LogP contribution in [-0.2, 0) is 6.54 Å². The first kappa shape index (κ1) is 10.4. The van der Waals surface area contributed by atoms with Crippen LogP contribution in [0.2, 0.25) is 0 Å². The van der Waals surface area contributed by atoms with Crippen molar-refractivity contribution in [2.45, 2.75) is 6.54 Å². The van der Waals surface area contributed by atoms with Crippen molar-refractivity contribution in [3.63, 3.8) is 0 Å². The fraction of sp³-hybridized carbons (Fsp3) is 0.0714. The van der Waals surface area contributed by atoms with Crippen molar-refractivity contribution in [1.82, 2.24) is 0 Å². The normalized spacial score (nSPS) is 11.5. The van der Waals surface area contributed by atoms with Gasteiger partial charge < -0.3 is 4.42 Å². The zero-order valence-corrected chi connectivity index (χ0v) is 8.91. The highest BCUT2D eigenvalue weighted by atomic mass is 16.3. The van der Waals surface area contributed by atoms with E-state index in [-0.39, 0.29) is 0 Å². The summed E-state index contributed by atoms with van der Waals surface area (Å²) in [6.45, 7) is 0.712. The molecule has 16 heavy (non-hydrogen) atoms. The number of rotatable bonds is 4. The third-order valence-electron chi connectivity index (χ3n) is 2.11. The summed E-state index contributed by atoms with van der Waals surface area (Å²) in [5.41, 5.74) is 1.21. The zero-order chi connectivity index (χ0) is 11.1. The molecule has 2 aromatic rings. The lowest BCUT2D eigenvalue weighted by atomic mass is 10.2. The van der Waals surface area contributed by atoms with E-state index in [1.165, 1.54) is 5.56 Å². The Morgan fingerprint density at radius 1 is 1.06 bits per heavy atom. The van der Waals surface area contributed by atoms with E-state index >= 15 is 0 Å². The average molecular weight is 211 g/mol. The molecule has 2 heteroatoms. The highest BCUT2D eigenvalue weighted by Crippen LogP contribution is 2.02. The highest BCUT2D eigenvalue weighted by molar-refractivity contribution is 5.77. The van der Waals surface area contributed by atoms with Crippen LogP contribution in [0.1, 0.15) is 11.3 Å². The minimum absolute atomic E-state index is 0.712. The lowest BCUT2D eigenvalue weighted by molar-refractivity contribution is 0.557. The van der Waals surface area contributed by atoms with Crippen molar-refractivity contribution in [3.05, 3.63) is 66.1 Å². The summed E-state index contributed by atoms with van der Waals surface area (Å²) in [5.74, 6) is 0.839. The van der Waals surface area contributed by atoms with E-state index in [4.69, 9.17) is 4.42 Å². The van der Waals surface area contributed by atoms with Gasteiger partial charge in [-0.3, -0.25) is 4.99 Å². The lowest BCUT2D eigenvalue weighted by Crippen LogP contribution is -1.79. The van der Waals surface area contributed by atoms with Gasteiger partial charge in [0.1, 0.15) is 5.76 Å². The molecule has 0 saturated heterocycles. The molecular formula is C14H13NO. The minimum Gasteiger partial charge on any atom is -0.465 e. The Bertz CT molecular complexity index is 455. The molecule has 80 valence electrons. The Morgan fingerprint density at radius 3 is 2.69 bits per heavy atom. The van der Waals surface area contributed by atoms with E-state index in [2.05, 4.69) is 17.1 Å². The molecule has 2 rings (SSSR count). The van der Waals surface area contributed by atoms with Gasteiger partial charge in [-0.1, -0.05) is 30.3 Å². The predicted molar refractivity (Wildman–Crippen MR) is 66.4 cm³/mol. The third kappa shape index (κ3) is 3.24. The third-order valence-corrected chi connectivity index (χ3v) is 2.11. The van der Waals surface area contributed by atoms with Crippen molar-refractivity contribution in [1.29, 1.82) is 0 Å². The van der Waals surface area contributed by atoms with Gasteiger partial charge >= 0.3 is 0 Å². The lowest BCUT2D eigenvalue weighted by Gasteiger charge is -1.92. The maximum atomic E-state index is 5.15. The molecule has 0 aliphatic carbocycles. The molecule has 0 amide bonds. The number of benzene rings is 1. The molecule has 0 aliphatic heterocycles. The molecule has 1 aromatic carbocycles. The van der Waals surface area contributed by atoms with Gasteiger partial charge in [0.2, 0.25) is 0 Å². The van der Waals surface area contributed by atoms with Crippen LogP contribution in [0.3, 0.4) is 0 Å². The molecule has 0 bridgehead atoms. The number of allylic oxidation sites excluding steroid dienone is 1. The van der Waals surface area contributed by atoms with Gasteiger partial charge in [0.15, 0.2) is 0 Å². The molecule has 0 atom stereocenters. The number of hydrogen-bond acceptors (Lipinski definition) is 2. The van der Waals surface area contributed by atoms with Gasteiger partial charge in [-0.15, -0.1) is 0 Å². The van der Waals surface area contributed by atoms with Crippen LogP contribution in [-0.4, -0.2) is 6.21 Å². The summed E-state index contributed by atoms with van der Waals surface area (Å²) in [6, 6.07) is 13.9. The first-order valence-electron chi connectivity index (χ1n) is 5.19. The molecule has 1 heterocycles. The van der Waals surface area contributed by atoms with Crippen LogP contribution in [0.15, 0.2) is 64.2 Å². The van der Waals surface area contributed by atoms with E-state index in [1.54, 1.807) is 12.5 Å². The average Bonchev–Trinajstić information content (AvgIpc) is 2.83. The van der Waals surface area contributed by atoms with Gasteiger partial charge in [0.25, 0.3) is 0 Å². The maximum Gasteiger partial charge on any atom is 0.126 e. The van der Waals surface area contributed by atoms with Crippen molar-refractivity contribution >= 4 is 12.3 Å². The molecule has 0 spiro atoms. The Hall–Kier alpha value is -2.09. The van der Waals surface area contributed by atoms with E-state index in [9.17, 15) is 0 Å². The molecule has 0 fully saturated rings. The van der Waals surface area contributed by atoms with Crippen molar-refractivity contribution in [2.75, 3.05) is 0 Å². The Labute approximate surface area is 94.9 Å². The van der Waals surface area contributed by atoms with Crippen LogP contribution >= 0.6 is 0 Å². The Morgan fingerprint density at radius 2 is 1.94 bits per heavy atom. The zero-order valence-electron chi connectivity index (χ0n) is 8.91. The van der Waals surface area contributed by atoms with Crippen LogP contribution in [0.5, 0.6) is 0 Å². The maximum absolute atomic E-state index is 5.15. The van der Waals surface area contributed by atoms with E-state index in [1.807, 2.05) is 42.5 Å². The SMILES string of the molecule is C(=C\c1ccco1)/C=N/Cc1ccccc1. The molecule has 2 nitrogen and oxygen atoms in total. The number of aliphatic imine (C=N–C) groups is 1. The second-order valence-corrected chi connectivity index (χ2v) is 3.35. The van der Waals surface area contributed by atoms with Crippen molar-refractivity contribution in [3.8, 4) is 0 Å². The summed E-state index contributed by atoms with van der Waals surface area (Å²) in [4.78, 5) is 4.29. The van der Waals surface area contributed by atoms with Crippen LogP contribution < -0.4 is 0 Å². The van der Waals surface area contributed by atoms with Gasteiger partial charge in [-0.05, 0) is 29.8 Å². The minimum atomic E-state index is 0.712. The van der Waals surface area contributed by atoms with E-state index in [0.717, 1.165) is 5.76 Å². The molecule has 0 saturated carbocycles. The van der Waals surface area contributed by atoms with Gasteiger partial charge in [0.05, 0.1) is 12.8 Å². The molecule has 1 aromatic heterocycles. The van der Waals surface area contributed by atoms with Crippen molar-refractivity contribution in [2.24, 2.45) is 4.99 Å². The van der Waals surface area contributed by atoms with E-state index in [0.29, 0.717) is 6.54 Å². The van der Waals surface area contributed by atoms with Crippen molar-refractivity contribution < 1.29 is 4.42 Å². The Kier molecular flexibility index (Phi) is 3.72. The first-order chi connectivity index (χ1) is 7.95. The predicted octanol–water partition coefficient (Wildman–Crippen LogP) is 3.56. The first-order valence-corrected chi connectivity index (χ1v) is 5.19. The van der Waals surface area contributed by atoms with Gasteiger partial charge in [0, 0.05) is 6.21 Å². The summed E-state index contributed by atoms with van der Waals surface area (Å²) in [7, 11) is 0. The molecular weight excluding hydrogens is 198 g/mol. The standard InChI is InChI=1S/C14H13NO/c1-2-6-13(7-3-1)12-15-10-4-8-14-9-5-11-16-14/h1-11H,12H2/b8-4+,15-10+. The van der Waals surface area contributed by atoms with Crippen LogP contribution in [0, 0.1) is 0 Å². The number of nitrogens with zero attached hydrogens (tertiary/aromatic N) is 1. The summed E-state index contributed by atoms with van der Waals surface area (Å²) in [6.07, 6.45) is 7.20. The van der Waals surface area contributed by atoms with Gasteiger partial charge in [-0.2, -0.15) is 0 Å².